The van der Waals surface area contributed by atoms with Crippen LogP contribution < -0.4 is 18.1 Å². The maximum absolute atomic E-state index is 4.66. The van der Waals surface area contributed by atoms with E-state index in [1.165, 1.54) is 16.1 Å². The Hall–Kier alpha value is -0.900. The number of halogens is 1. The third-order valence-electron chi connectivity index (χ3n) is 2.74. The van der Waals surface area contributed by atoms with E-state index in [9.17, 15) is 0 Å². The van der Waals surface area contributed by atoms with Gasteiger partial charge in [-0.15, -0.1) is 11.3 Å². The second-order valence-corrected chi connectivity index (χ2v) is 5.11. The van der Waals surface area contributed by atoms with Crippen molar-refractivity contribution < 1.29 is 18.1 Å². The monoisotopic (exact) mass is 268 g/mol. The van der Waals surface area contributed by atoms with Crippen LogP contribution in [0, 0.1) is 6.92 Å². The lowest BCUT2D eigenvalue weighted by molar-refractivity contribution is -0.411. The minimum Gasteiger partial charge on any atom is -1.00 e. The van der Waals surface area contributed by atoms with Crippen molar-refractivity contribution >= 4 is 11.3 Å². The zero-order valence-electron chi connectivity index (χ0n) is 10.1. The van der Waals surface area contributed by atoms with Crippen LogP contribution in [0.5, 0.6) is 0 Å². The Bertz CT molecular complexity index is 468. The van der Waals surface area contributed by atoms with E-state index in [0.29, 0.717) is 0 Å². The van der Waals surface area contributed by atoms with Gasteiger partial charge >= 0.3 is 0 Å². The summed E-state index contributed by atoms with van der Waals surface area (Å²) in [5, 5.41) is 1.13. The van der Waals surface area contributed by atoms with E-state index >= 15 is 0 Å². The van der Waals surface area contributed by atoms with Crippen LogP contribution in [0.25, 0.3) is 0 Å². The highest BCUT2D eigenvalue weighted by molar-refractivity contribution is 7.11. The molecule has 2 aromatic rings. The molecule has 0 saturated carbocycles. The Labute approximate surface area is 112 Å². The van der Waals surface area contributed by atoms with E-state index in [-0.39, 0.29) is 18.4 Å². The molecule has 0 radical (unpaired) electrons. The number of quaternary nitrogens is 1. The largest absolute Gasteiger partial charge is 1.00 e. The number of nitrogens with zero attached hydrogens (tertiary/aromatic N) is 1. The zero-order chi connectivity index (χ0) is 11.5. The number of aryl methyl sites for hydroxylation is 2. The zero-order valence-corrected chi connectivity index (χ0v) is 11.7. The third-order valence-corrected chi connectivity index (χ3v) is 3.87. The summed E-state index contributed by atoms with van der Waals surface area (Å²) in [6.45, 7) is 4.28. The van der Waals surface area contributed by atoms with Gasteiger partial charge in [0.15, 0.2) is 11.0 Å². The van der Waals surface area contributed by atoms with Gasteiger partial charge in [0.1, 0.15) is 0 Å². The van der Waals surface area contributed by atoms with Crippen molar-refractivity contribution in [2.24, 2.45) is 0 Å². The summed E-state index contributed by atoms with van der Waals surface area (Å²) in [4.78, 5) is 5.98. The molecule has 0 aliphatic heterocycles. The van der Waals surface area contributed by atoms with Crippen LogP contribution in [-0.2, 0) is 6.42 Å². The predicted octanol–water partition coefficient (Wildman–Crippen LogP) is -0.651. The Morgan fingerprint density at radius 3 is 2.47 bits per heavy atom. The molecule has 0 aliphatic carbocycles. The number of aromatic nitrogens is 1. The Kier molecular flexibility index (Phi) is 5.12. The van der Waals surface area contributed by atoms with Crippen molar-refractivity contribution in [2.45, 2.75) is 26.3 Å². The summed E-state index contributed by atoms with van der Waals surface area (Å²) in [6, 6.07) is 10.5. The molecule has 1 atom stereocenters. The fraction of sp³-hybridized carbons (Fsp3) is 0.308. The van der Waals surface area contributed by atoms with Gasteiger partial charge in [0.2, 0.25) is 0 Å². The topological polar surface area (TPSA) is 40.5 Å². The summed E-state index contributed by atoms with van der Waals surface area (Å²) >= 11 is 1.77. The molecule has 0 spiro atoms. The molecule has 0 saturated heterocycles. The molecule has 2 rings (SSSR count). The summed E-state index contributed by atoms with van der Waals surface area (Å²) < 4.78 is 0. The summed E-state index contributed by atoms with van der Waals surface area (Å²) in [7, 11) is 0. The van der Waals surface area contributed by atoms with E-state index in [1.54, 1.807) is 11.3 Å². The smallest absolute Gasteiger partial charge is 0.162 e. The van der Waals surface area contributed by atoms with Gasteiger partial charge in [-0.25, -0.2) is 4.98 Å². The molecule has 0 fully saturated rings. The number of rotatable bonds is 3. The molecule has 1 heterocycles. The average Bonchev–Trinajstić information content (AvgIpc) is 2.71. The number of hydrogen-bond acceptors (Lipinski definition) is 2. The second-order valence-electron chi connectivity index (χ2n) is 3.87. The quantitative estimate of drug-likeness (QED) is 0.790. The fourth-order valence-electron chi connectivity index (χ4n) is 1.76. The first-order valence-electron chi connectivity index (χ1n) is 5.56. The fourth-order valence-corrected chi connectivity index (χ4v) is 2.81. The first kappa shape index (κ1) is 14.2. The molecular weight excluding hydrogens is 252 g/mol. The molecule has 2 nitrogen and oxygen atoms in total. The number of benzene rings is 1. The summed E-state index contributed by atoms with van der Waals surface area (Å²) in [6.07, 6.45) is 1.00. The summed E-state index contributed by atoms with van der Waals surface area (Å²) in [5.41, 5.74) is 6.66. The van der Waals surface area contributed by atoms with E-state index in [0.717, 1.165) is 11.4 Å². The van der Waals surface area contributed by atoms with Crippen LogP contribution in [0.3, 0.4) is 0 Å². The number of thiazole rings is 1. The first-order chi connectivity index (χ1) is 7.72. The lowest BCUT2D eigenvalue weighted by Crippen LogP contribution is -3.00. The van der Waals surface area contributed by atoms with Crippen molar-refractivity contribution in [3.05, 3.63) is 51.5 Å². The van der Waals surface area contributed by atoms with Crippen LogP contribution in [0.1, 0.15) is 34.1 Å². The SMILES string of the molecule is CCc1nc(C([NH3+])c2ccccc2)sc1C.[Cl-]. The Balaban J connectivity index is 0.00000144. The first-order valence-corrected chi connectivity index (χ1v) is 6.38. The average molecular weight is 269 g/mol. The van der Waals surface area contributed by atoms with Crippen LogP contribution in [0.15, 0.2) is 30.3 Å². The molecule has 17 heavy (non-hydrogen) atoms. The van der Waals surface area contributed by atoms with Crippen molar-refractivity contribution in [3.8, 4) is 0 Å². The van der Waals surface area contributed by atoms with Crippen LogP contribution in [0.4, 0.5) is 0 Å². The number of hydrogen-bond donors (Lipinski definition) is 1. The van der Waals surface area contributed by atoms with Crippen LogP contribution in [0.2, 0.25) is 0 Å². The van der Waals surface area contributed by atoms with Gasteiger partial charge in [-0.2, -0.15) is 0 Å². The van der Waals surface area contributed by atoms with Crippen molar-refractivity contribution in [1.82, 2.24) is 4.98 Å². The van der Waals surface area contributed by atoms with Crippen molar-refractivity contribution in [1.29, 1.82) is 0 Å². The molecule has 1 aromatic carbocycles. The minimum atomic E-state index is 0. The lowest BCUT2D eigenvalue weighted by Gasteiger charge is -2.04. The molecule has 92 valence electrons. The van der Waals surface area contributed by atoms with Crippen LogP contribution >= 0.6 is 11.3 Å². The predicted molar refractivity (Wildman–Crippen MR) is 67.4 cm³/mol. The van der Waals surface area contributed by atoms with E-state index in [4.69, 9.17) is 0 Å². The van der Waals surface area contributed by atoms with Gasteiger partial charge in [0.25, 0.3) is 0 Å². The second kappa shape index (κ2) is 6.15. The Morgan fingerprint density at radius 2 is 1.94 bits per heavy atom. The maximum Gasteiger partial charge on any atom is 0.162 e. The van der Waals surface area contributed by atoms with Gasteiger partial charge in [0.05, 0.1) is 5.69 Å². The van der Waals surface area contributed by atoms with Gasteiger partial charge < -0.3 is 18.1 Å². The molecule has 3 N–H and O–H groups in total. The van der Waals surface area contributed by atoms with Gasteiger partial charge in [-0.3, -0.25) is 0 Å². The summed E-state index contributed by atoms with van der Waals surface area (Å²) in [5.74, 6) is 0. The molecular formula is C13H17ClN2S. The van der Waals surface area contributed by atoms with Crippen molar-refractivity contribution in [3.63, 3.8) is 0 Å². The molecule has 4 heteroatoms. The van der Waals surface area contributed by atoms with Gasteiger partial charge in [-0.1, -0.05) is 37.3 Å². The third kappa shape index (κ3) is 3.06. The van der Waals surface area contributed by atoms with Gasteiger partial charge in [-0.05, 0) is 13.3 Å². The Morgan fingerprint density at radius 1 is 1.29 bits per heavy atom. The van der Waals surface area contributed by atoms with Gasteiger partial charge in [0, 0.05) is 10.4 Å². The lowest BCUT2D eigenvalue weighted by atomic mass is 10.1. The molecule has 0 bridgehead atoms. The molecule has 0 amide bonds. The highest BCUT2D eigenvalue weighted by atomic mass is 35.5. The van der Waals surface area contributed by atoms with Crippen molar-refractivity contribution in [2.75, 3.05) is 0 Å². The van der Waals surface area contributed by atoms with E-state index in [2.05, 4.69) is 48.8 Å². The van der Waals surface area contributed by atoms with Crippen LogP contribution in [-0.4, -0.2) is 4.98 Å². The van der Waals surface area contributed by atoms with E-state index in [1.807, 2.05) is 6.07 Å². The normalized spacial score (nSPS) is 11.9. The van der Waals surface area contributed by atoms with E-state index < -0.39 is 0 Å². The maximum atomic E-state index is 4.66. The molecule has 0 aliphatic rings. The highest BCUT2D eigenvalue weighted by Gasteiger charge is 2.17. The molecule has 1 aromatic heterocycles. The highest BCUT2D eigenvalue weighted by Crippen LogP contribution is 2.25. The standard InChI is InChI=1S/C13H16N2S.ClH/c1-3-11-9(2)16-13(15-11)12(14)10-7-5-4-6-8-10;/h4-8,12H,3,14H2,1-2H3;1H. The molecule has 1 unspecified atom stereocenters. The minimum absolute atomic E-state index is 0.